The lowest BCUT2D eigenvalue weighted by molar-refractivity contribution is -0.164. The molecule has 1 aromatic rings. The number of hydrogen-bond donors (Lipinski definition) is 1. The molecule has 0 saturated heterocycles. The van der Waals surface area contributed by atoms with E-state index in [1.54, 1.807) is 13.8 Å². The van der Waals surface area contributed by atoms with Gasteiger partial charge in [-0.05, 0) is 42.7 Å². The quantitative estimate of drug-likeness (QED) is 0.332. The van der Waals surface area contributed by atoms with Crippen molar-refractivity contribution in [3.63, 3.8) is 0 Å². The Morgan fingerprint density at radius 1 is 0.879 bits per heavy atom. The molecule has 0 bridgehead atoms. The second-order valence-electron chi connectivity index (χ2n) is 8.88. The standard InChI is InChI=1S/C26H37NO6/c1-7-31-24(28)21-19(16(3)4)14-20(17(5)6)23(22(21)25(29)32-8-2)27-26(30)33-15-18-12-10-9-11-13-18/h9-14,16-17,19,21-23H,7-8,15H2,1-6H3,(H,27,30)/t19-,21+,22-,23-/m0/s1. The fourth-order valence-corrected chi connectivity index (χ4v) is 4.37. The van der Waals surface area contributed by atoms with E-state index in [9.17, 15) is 14.4 Å². The molecular formula is C26H37NO6. The Kier molecular flexibility index (Phi) is 9.95. The lowest BCUT2D eigenvalue weighted by Gasteiger charge is -2.42. The van der Waals surface area contributed by atoms with Crippen molar-refractivity contribution in [2.75, 3.05) is 13.2 Å². The van der Waals surface area contributed by atoms with Gasteiger partial charge in [-0.25, -0.2) is 4.79 Å². The third-order valence-corrected chi connectivity index (χ3v) is 5.94. The Bertz CT molecular complexity index is 832. The van der Waals surface area contributed by atoms with Crippen LogP contribution in [0.25, 0.3) is 0 Å². The number of benzene rings is 1. The summed E-state index contributed by atoms with van der Waals surface area (Å²) in [4.78, 5) is 39.0. The van der Waals surface area contributed by atoms with Crippen LogP contribution in [-0.4, -0.2) is 37.3 Å². The smallest absolute Gasteiger partial charge is 0.407 e. The molecule has 0 spiro atoms. The van der Waals surface area contributed by atoms with Crippen molar-refractivity contribution in [1.29, 1.82) is 0 Å². The Labute approximate surface area is 196 Å². The molecule has 7 heteroatoms. The summed E-state index contributed by atoms with van der Waals surface area (Å²) in [5.74, 6) is -2.79. The van der Waals surface area contributed by atoms with E-state index in [1.165, 1.54) is 0 Å². The highest BCUT2D eigenvalue weighted by atomic mass is 16.6. The van der Waals surface area contributed by atoms with Crippen LogP contribution in [0.15, 0.2) is 42.0 Å². The Morgan fingerprint density at radius 2 is 1.45 bits per heavy atom. The first-order chi connectivity index (χ1) is 15.7. The molecule has 1 N–H and O–H groups in total. The first kappa shape index (κ1) is 26.4. The van der Waals surface area contributed by atoms with E-state index in [0.29, 0.717) is 0 Å². The first-order valence-electron chi connectivity index (χ1n) is 11.7. The first-order valence-corrected chi connectivity index (χ1v) is 11.7. The molecular weight excluding hydrogens is 422 g/mol. The van der Waals surface area contributed by atoms with Crippen LogP contribution in [0.1, 0.15) is 47.1 Å². The van der Waals surface area contributed by atoms with Crippen molar-refractivity contribution in [1.82, 2.24) is 5.32 Å². The number of rotatable bonds is 9. The summed E-state index contributed by atoms with van der Waals surface area (Å²) in [7, 11) is 0. The van der Waals surface area contributed by atoms with Crippen molar-refractivity contribution in [2.24, 2.45) is 29.6 Å². The normalized spacial score (nSPS) is 22.5. The maximum absolute atomic E-state index is 13.2. The zero-order valence-electron chi connectivity index (χ0n) is 20.5. The summed E-state index contributed by atoms with van der Waals surface area (Å²) < 4.78 is 16.1. The topological polar surface area (TPSA) is 90.9 Å². The monoisotopic (exact) mass is 459 g/mol. The van der Waals surface area contributed by atoms with Gasteiger partial charge >= 0.3 is 18.0 Å². The third-order valence-electron chi connectivity index (χ3n) is 5.94. The van der Waals surface area contributed by atoms with Crippen molar-refractivity contribution in [3.05, 3.63) is 47.5 Å². The van der Waals surface area contributed by atoms with Gasteiger partial charge in [0, 0.05) is 0 Å². The summed E-state index contributed by atoms with van der Waals surface area (Å²) in [6.07, 6.45) is 1.37. The number of carbonyl (C=O) groups is 3. The number of alkyl carbamates (subject to hydrolysis) is 1. The molecule has 0 radical (unpaired) electrons. The van der Waals surface area contributed by atoms with Crippen LogP contribution < -0.4 is 5.32 Å². The molecule has 2 rings (SSSR count). The molecule has 4 atom stereocenters. The van der Waals surface area contributed by atoms with E-state index in [0.717, 1.165) is 11.1 Å². The van der Waals surface area contributed by atoms with Gasteiger partial charge in [0.2, 0.25) is 0 Å². The molecule has 1 aliphatic rings. The minimum absolute atomic E-state index is 0.0331. The average Bonchev–Trinajstić information content (AvgIpc) is 2.77. The lowest BCUT2D eigenvalue weighted by Crippen LogP contribution is -2.55. The number of esters is 2. The molecule has 0 aliphatic heterocycles. The van der Waals surface area contributed by atoms with Crippen LogP contribution in [0.4, 0.5) is 4.79 Å². The number of ether oxygens (including phenoxy) is 3. The highest BCUT2D eigenvalue weighted by Gasteiger charge is 2.51. The second kappa shape index (κ2) is 12.4. The van der Waals surface area contributed by atoms with Gasteiger partial charge in [-0.3, -0.25) is 9.59 Å². The highest BCUT2D eigenvalue weighted by Crippen LogP contribution is 2.42. The number of amides is 1. The molecule has 0 unspecified atom stereocenters. The SMILES string of the molecule is CCOC(=O)[C@H]1[C@H](C(=O)OCC)[C@H](C(C)C)C=C(C(C)C)[C@@H]1NC(=O)OCc1ccccc1. The van der Waals surface area contributed by atoms with Crippen molar-refractivity contribution >= 4 is 18.0 Å². The predicted molar refractivity (Wildman–Crippen MR) is 125 cm³/mol. The molecule has 182 valence electrons. The average molecular weight is 460 g/mol. The van der Waals surface area contributed by atoms with E-state index < -0.39 is 35.9 Å². The number of nitrogens with one attached hydrogen (secondary N) is 1. The number of carbonyl (C=O) groups excluding carboxylic acids is 3. The van der Waals surface area contributed by atoms with Crippen LogP contribution in [-0.2, 0) is 30.4 Å². The molecule has 0 heterocycles. The van der Waals surface area contributed by atoms with Crippen molar-refractivity contribution in [3.8, 4) is 0 Å². The van der Waals surface area contributed by atoms with Crippen LogP contribution >= 0.6 is 0 Å². The van der Waals surface area contributed by atoms with E-state index >= 15 is 0 Å². The molecule has 1 aromatic carbocycles. The summed E-state index contributed by atoms with van der Waals surface area (Å²) in [5.41, 5.74) is 1.73. The van der Waals surface area contributed by atoms with E-state index in [2.05, 4.69) is 5.32 Å². The Hall–Kier alpha value is -2.83. The van der Waals surface area contributed by atoms with Gasteiger partial charge in [-0.2, -0.15) is 0 Å². The van der Waals surface area contributed by atoms with Gasteiger partial charge < -0.3 is 19.5 Å². The Balaban J connectivity index is 2.42. The molecule has 7 nitrogen and oxygen atoms in total. The van der Waals surface area contributed by atoms with E-state index in [-0.39, 0.29) is 37.6 Å². The number of allylic oxidation sites excluding steroid dienone is 1. The van der Waals surface area contributed by atoms with Gasteiger partial charge in [0.1, 0.15) is 6.61 Å². The van der Waals surface area contributed by atoms with Crippen LogP contribution in [0.3, 0.4) is 0 Å². The lowest BCUT2D eigenvalue weighted by atomic mass is 9.65. The molecule has 0 fully saturated rings. The minimum atomic E-state index is -0.914. The fourth-order valence-electron chi connectivity index (χ4n) is 4.37. The molecule has 1 aliphatic carbocycles. The summed E-state index contributed by atoms with van der Waals surface area (Å²) in [6.45, 7) is 11.9. The zero-order valence-corrected chi connectivity index (χ0v) is 20.5. The van der Waals surface area contributed by atoms with Gasteiger partial charge in [-0.15, -0.1) is 0 Å². The zero-order chi connectivity index (χ0) is 24.5. The largest absolute Gasteiger partial charge is 0.466 e. The fraction of sp³-hybridized carbons (Fsp3) is 0.577. The van der Waals surface area contributed by atoms with Gasteiger partial charge in [0.05, 0.1) is 31.1 Å². The summed E-state index contributed by atoms with van der Waals surface area (Å²) in [5, 5.41) is 2.86. The van der Waals surface area contributed by atoms with Crippen molar-refractivity contribution in [2.45, 2.75) is 54.2 Å². The Morgan fingerprint density at radius 3 is 1.97 bits per heavy atom. The maximum Gasteiger partial charge on any atom is 0.407 e. The van der Waals surface area contributed by atoms with Crippen LogP contribution in [0.5, 0.6) is 0 Å². The predicted octanol–water partition coefficient (Wildman–Crippen LogP) is 4.51. The minimum Gasteiger partial charge on any atom is -0.466 e. The second-order valence-corrected chi connectivity index (χ2v) is 8.88. The summed E-state index contributed by atoms with van der Waals surface area (Å²) >= 11 is 0. The maximum atomic E-state index is 13.2. The van der Waals surface area contributed by atoms with E-state index in [4.69, 9.17) is 14.2 Å². The molecule has 0 aromatic heterocycles. The van der Waals surface area contributed by atoms with Crippen LogP contribution in [0, 0.1) is 29.6 Å². The third kappa shape index (κ3) is 6.83. The van der Waals surface area contributed by atoms with Gasteiger partial charge in [-0.1, -0.05) is 64.1 Å². The number of hydrogen-bond acceptors (Lipinski definition) is 6. The van der Waals surface area contributed by atoms with E-state index in [1.807, 2.05) is 64.1 Å². The highest BCUT2D eigenvalue weighted by molar-refractivity contribution is 5.85. The molecule has 0 saturated carbocycles. The molecule has 33 heavy (non-hydrogen) atoms. The van der Waals surface area contributed by atoms with Gasteiger partial charge in [0.15, 0.2) is 0 Å². The summed E-state index contributed by atoms with van der Waals surface area (Å²) in [6, 6.07) is 8.60. The van der Waals surface area contributed by atoms with Crippen LogP contribution in [0.2, 0.25) is 0 Å². The molecule has 1 amide bonds. The van der Waals surface area contributed by atoms with Crippen molar-refractivity contribution < 1.29 is 28.6 Å². The van der Waals surface area contributed by atoms with Gasteiger partial charge in [0.25, 0.3) is 0 Å².